The molecule has 3 aromatic rings. The summed E-state index contributed by atoms with van der Waals surface area (Å²) >= 11 is 0. The Morgan fingerprint density at radius 3 is 2.00 bits per heavy atom. The number of likely N-dealkylation sites (N-methyl/N-ethyl adjacent to an activating group) is 3. The highest BCUT2D eigenvalue weighted by Gasteiger charge is 2.45. The maximum absolute atomic E-state index is 15.0. The van der Waals surface area contributed by atoms with Crippen molar-refractivity contribution in [1.82, 2.24) is 30.7 Å². The normalized spacial score (nSPS) is 28.4. The smallest absolute Gasteiger partial charge is 0.246 e. The van der Waals surface area contributed by atoms with Crippen molar-refractivity contribution in [2.24, 2.45) is 5.73 Å². The van der Waals surface area contributed by atoms with Crippen molar-refractivity contribution in [3.8, 4) is 23.0 Å². The van der Waals surface area contributed by atoms with E-state index in [4.69, 9.17) is 24.7 Å². The van der Waals surface area contributed by atoms with Crippen LogP contribution in [0.5, 0.6) is 23.0 Å². The molecule has 0 radical (unpaired) electrons. The van der Waals surface area contributed by atoms with E-state index in [2.05, 4.69) is 16.0 Å². The summed E-state index contributed by atoms with van der Waals surface area (Å²) in [5.41, 5.74) is 7.01. The molecule has 22 nitrogen and oxygen atoms in total. The number of methoxy groups -OCH3 is 1. The minimum atomic E-state index is -1.76. The van der Waals surface area contributed by atoms with Crippen LogP contribution in [0.25, 0.3) is 0 Å². The van der Waals surface area contributed by atoms with Crippen LogP contribution in [0.3, 0.4) is 0 Å². The number of ether oxygens (including phenoxy) is 4. The molecule has 0 saturated carbocycles. The lowest BCUT2D eigenvalue weighted by Crippen LogP contribution is -2.62. The van der Waals surface area contributed by atoms with Crippen LogP contribution in [0.1, 0.15) is 43.4 Å². The van der Waals surface area contributed by atoms with Gasteiger partial charge in [-0.1, -0.05) is 30.3 Å². The molecule has 0 spiro atoms. The Balaban J connectivity index is 1.41. The van der Waals surface area contributed by atoms with Crippen LogP contribution in [0.2, 0.25) is 0 Å². The number of nitrogens with two attached hydrogens (primary N) is 1. The maximum Gasteiger partial charge on any atom is 0.246 e. The van der Waals surface area contributed by atoms with E-state index in [1.54, 1.807) is 48.5 Å². The van der Waals surface area contributed by atoms with E-state index in [0.717, 1.165) is 9.80 Å². The van der Waals surface area contributed by atoms with Gasteiger partial charge in [-0.15, -0.1) is 0 Å². The molecule has 7 rings (SSSR count). The van der Waals surface area contributed by atoms with Gasteiger partial charge in [-0.3, -0.25) is 33.6 Å². The number of fused-ring (bicyclic) bond motifs is 2. The fourth-order valence-corrected chi connectivity index (χ4v) is 8.43. The average molecular weight is 976 g/mol. The first-order valence-corrected chi connectivity index (χ1v) is 22.7. The summed E-state index contributed by atoms with van der Waals surface area (Å²) in [6, 6.07) is 9.74. The van der Waals surface area contributed by atoms with E-state index in [-0.39, 0.29) is 49.4 Å². The molecule has 3 aromatic carbocycles. The van der Waals surface area contributed by atoms with Gasteiger partial charge in [0.25, 0.3) is 0 Å². The van der Waals surface area contributed by atoms with E-state index >= 15 is 0 Å². The number of aliphatic hydroxyl groups excluding tert-OH is 4. The number of hydrogen-bond acceptors (Lipinski definition) is 15. The Kier molecular flexibility index (Phi) is 17.0. The predicted molar refractivity (Wildman–Crippen MR) is 247 cm³/mol. The molecule has 2 fully saturated rings. The number of carbonyl (C=O) groups is 7. The number of primary amides is 1. The summed E-state index contributed by atoms with van der Waals surface area (Å²) in [5, 5.41) is 49.3. The van der Waals surface area contributed by atoms with Gasteiger partial charge in [0.2, 0.25) is 47.6 Å². The number of nitrogens with zero attached hydrogens (tertiary/aromatic N) is 3. The topological polar surface area (TPSA) is 309 Å². The van der Waals surface area contributed by atoms with Crippen LogP contribution >= 0.6 is 0 Å². The van der Waals surface area contributed by atoms with E-state index in [1.165, 1.54) is 65.2 Å². The minimum Gasteiger partial charge on any atom is -0.497 e. The molecule has 11 atom stereocenters. The van der Waals surface area contributed by atoms with Crippen LogP contribution in [0, 0.1) is 0 Å². The van der Waals surface area contributed by atoms with Gasteiger partial charge in [-0.2, -0.15) is 0 Å². The number of carbonyl (C=O) groups excluding carboxylic acids is 7. The van der Waals surface area contributed by atoms with Crippen LogP contribution in [0.4, 0.5) is 0 Å². The van der Waals surface area contributed by atoms with E-state index in [0.29, 0.717) is 22.4 Å². The van der Waals surface area contributed by atoms with Crippen LogP contribution < -0.4 is 35.9 Å². The van der Waals surface area contributed by atoms with Crippen molar-refractivity contribution in [3.05, 3.63) is 83.4 Å². The monoisotopic (exact) mass is 975 g/mol. The zero-order valence-electron chi connectivity index (χ0n) is 39.6. The van der Waals surface area contributed by atoms with Crippen LogP contribution in [0.15, 0.2) is 66.7 Å². The zero-order valence-corrected chi connectivity index (χ0v) is 39.6. The SMILES string of the molecule is COc1ccc(C[C@H]2C(=O)N[C@@H](C)C(=O)N(C)[C@H]3Cc4ccc(cc4)Oc4cc(ccc4OC4O[C@H](CO)[C@@H](O)[C@H](O)[C@H]4O)C[C@@H](C(=O)N[C@H](C)C(=O)N[C@@H](CCC(N)=O)C(=O)N2C)N(C)C3=O)cc1. The Morgan fingerprint density at radius 1 is 0.729 bits per heavy atom. The van der Waals surface area contributed by atoms with E-state index < -0.39 is 115 Å². The van der Waals surface area contributed by atoms with E-state index in [1.807, 2.05) is 0 Å². The predicted octanol–water partition coefficient (Wildman–Crippen LogP) is -1.74. The van der Waals surface area contributed by atoms with Crippen molar-refractivity contribution in [2.75, 3.05) is 34.9 Å². The van der Waals surface area contributed by atoms with Crippen molar-refractivity contribution < 1.29 is 72.9 Å². The quantitative estimate of drug-likeness (QED) is 0.118. The fraction of sp³-hybridized carbons (Fsp3) is 0.479. The molecule has 2 saturated heterocycles. The summed E-state index contributed by atoms with van der Waals surface area (Å²) in [7, 11) is 5.61. The second-order valence-corrected chi connectivity index (χ2v) is 17.7. The molecular formula is C48H61N7O15. The lowest BCUT2D eigenvalue weighted by molar-refractivity contribution is -0.277. The molecule has 22 heteroatoms. The van der Waals surface area contributed by atoms with Gasteiger partial charge in [-0.25, -0.2) is 0 Å². The molecule has 0 aromatic heterocycles. The van der Waals surface area contributed by atoms with Crippen molar-refractivity contribution >= 4 is 41.4 Å². The Labute approximate surface area is 404 Å². The summed E-state index contributed by atoms with van der Waals surface area (Å²) in [6.07, 6.45) is -8.97. The van der Waals surface area contributed by atoms with Gasteiger partial charge >= 0.3 is 0 Å². The highest BCUT2D eigenvalue weighted by molar-refractivity contribution is 5.98. The molecule has 70 heavy (non-hydrogen) atoms. The van der Waals surface area contributed by atoms with Gasteiger partial charge in [-0.05, 0) is 73.4 Å². The molecule has 9 N–H and O–H groups in total. The lowest BCUT2D eigenvalue weighted by atomic mass is 9.98. The summed E-state index contributed by atoms with van der Waals surface area (Å²) in [6.45, 7) is 2.08. The maximum atomic E-state index is 15.0. The fourth-order valence-electron chi connectivity index (χ4n) is 8.43. The minimum absolute atomic E-state index is 0.0207. The van der Waals surface area contributed by atoms with Crippen LogP contribution in [-0.4, -0.2) is 178 Å². The standard InChI is InChI=1S/C48H61N7O15/c1-24-42(61)52-31(16-18-38(49)57)46(65)53(3)32(19-26-7-12-29(67-6)13-8-26)44(63)51-25(2)45(64)55(5)34-20-27-9-14-30(15-10-27)68-36-22-28(21-33(43(62)50-24)54(4)47(34)66)11-17-35(36)69-48-41(60)40(59)39(58)37(23-56)70-48/h7-15,17,22,24-25,31-34,37,39-41,48,56,58-60H,16,18-21,23H2,1-6H3,(H2,49,57)(H,50,62)(H,51,63)(H,52,61)/t24-,25+,31+,32+,33+,34+,37-,39-,40+,41-,48?/m1/s1. The Morgan fingerprint density at radius 2 is 1.36 bits per heavy atom. The van der Waals surface area contributed by atoms with Crippen LogP contribution in [-0.2, 0) is 57.6 Å². The van der Waals surface area contributed by atoms with Gasteiger partial charge in [0.15, 0.2) is 11.5 Å². The Hall–Kier alpha value is -6.85. The Bertz CT molecular complexity index is 2400. The van der Waals surface area contributed by atoms with Gasteiger partial charge in [0, 0.05) is 46.8 Å². The highest BCUT2D eigenvalue weighted by atomic mass is 16.7. The van der Waals surface area contributed by atoms with Crippen molar-refractivity contribution in [1.29, 1.82) is 0 Å². The van der Waals surface area contributed by atoms with Crippen molar-refractivity contribution in [2.45, 2.75) is 113 Å². The summed E-state index contributed by atoms with van der Waals surface area (Å²) in [4.78, 5) is 102. The molecule has 0 aliphatic carbocycles. The van der Waals surface area contributed by atoms with Crippen molar-refractivity contribution in [3.63, 3.8) is 0 Å². The molecule has 4 aliphatic heterocycles. The first-order valence-electron chi connectivity index (χ1n) is 22.7. The molecule has 378 valence electrons. The number of benzene rings is 3. The van der Waals surface area contributed by atoms with Gasteiger partial charge in [0.1, 0.15) is 72.2 Å². The average Bonchev–Trinajstić information content (AvgIpc) is 3.34. The second-order valence-electron chi connectivity index (χ2n) is 17.7. The summed E-state index contributed by atoms with van der Waals surface area (Å²) < 4.78 is 23.1. The largest absolute Gasteiger partial charge is 0.497 e. The third kappa shape index (κ3) is 12.1. The lowest BCUT2D eigenvalue weighted by Gasteiger charge is -2.39. The third-order valence-corrected chi connectivity index (χ3v) is 12.8. The molecule has 1 unspecified atom stereocenters. The highest BCUT2D eigenvalue weighted by Crippen LogP contribution is 2.36. The number of hydrogen-bond donors (Lipinski definition) is 8. The number of amides is 7. The van der Waals surface area contributed by atoms with E-state index in [9.17, 15) is 54.0 Å². The molecule has 4 heterocycles. The number of aliphatic hydroxyl groups is 4. The first-order chi connectivity index (χ1) is 33.2. The third-order valence-electron chi connectivity index (χ3n) is 12.8. The zero-order chi connectivity index (χ0) is 51.1. The molecule has 7 amide bonds. The first kappa shape index (κ1) is 52.5. The summed E-state index contributed by atoms with van der Waals surface area (Å²) in [5.74, 6) is -4.48. The molecular weight excluding hydrogens is 915 g/mol. The number of rotatable bonds is 9. The van der Waals surface area contributed by atoms with Gasteiger partial charge in [0.05, 0.1) is 13.7 Å². The molecule has 6 bridgehead atoms. The molecule has 4 aliphatic rings. The van der Waals surface area contributed by atoms with Gasteiger partial charge < -0.3 is 75.8 Å². The number of nitrogens with one attached hydrogen (secondary N) is 3. The second kappa shape index (κ2) is 22.7.